The van der Waals surface area contributed by atoms with Crippen molar-refractivity contribution in [1.82, 2.24) is 10.2 Å². The molecule has 0 aromatic rings. The van der Waals surface area contributed by atoms with Crippen LogP contribution < -0.4 is 10.5 Å². The third-order valence-electron chi connectivity index (χ3n) is 3.30. The van der Waals surface area contributed by atoms with Gasteiger partial charge in [0.1, 0.15) is 0 Å². The molecule has 1 aliphatic heterocycles. The molecule has 0 atom stereocenters. The number of rotatable bonds is 6. The second kappa shape index (κ2) is 6.68. The molecule has 0 radical (unpaired) electrons. The number of hydrogen-bond donors (Lipinski definition) is 2. The molecule has 0 saturated carbocycles. The molecule has 1 fully saturated rings. The van der Waals surface area contributed by atoms with Crippen LogP contribution in [0.4, 0.5) is 0 Å². The van der Waals surface area contributed by atoms with Crippen LogP contribution in [-0.2, 0) is 10.0 Å². The second-order valence-electron chi connectivity index (χ2n) is 5.08. The Hall–Kier alpha value is -0.170. The molecule has 0 aromatic heterocycles. The molecule has 5 nitrogen and oxygen atoms in total. The first-order valence-electron chi connectivity index (χ1n) is 6.36. The average molecular weight is 263 g/mol. The summed E-state index contributed by atoms with van der Waals surface area (Å²) in [5.41, 5.74) is 0. The minimum Gasteiger partial charge on any atom is -0.314 e. The highest BCUT2D eigenvalue weighted by atomic mass is 32.2. The molecule has 0 amide bonds. The summed E-state index contributed by atoms with van der Waals surface area (Å²) >= 11 is 0. The molecule has 0 unspecified atom stereocenters. The van der Waals surface area contributed by atoms with Crippen molar-refractivity contribution in [2.24, 2.45) is 5.14 Å². The lowest BCUT2D eigenvalue weighted by Gasteiger charge is -2.35. The van der Waals surface area contributed by atoms with E-state index in [9.17, 15) is 8.42 Å². The molecular formula is C11H25N3O2S. The number of piperidine rings is 1. The Morgan fingerprint density at radius 2 is 1.94 bits per heavy atom. The first-order chi connectivity index (χ1) is 7.88. The Kier molecular flexibility index (Phi) is 5.85. The number of nitrogens with one attached hydrogen (secondary N) is 1. The van der Waals surface area contributed by atoms with E-state index >= 15 is 0 Å². The van der Waals surface area contributed by atoms with Gasteiger partial charge in [0.2, 0.25) is 10.0 Å². The van der Waals surface area contributed by atoms with Gasteiger partial charge in [0.05, 0.1) is 5.75 Å². The maximum atomic E-state index is 10.7. The standard InChI is InChI=1S/C11H25N3O2S/c1-10(2)14-7-4-11(5-8-14)13-6-3-9-17(12,15)16/h10-11,13H,3-9H2,1-2H3,(H2,12,15,16). The highest BCUT2D eigenvalue weighted by molar-refractivity contribution is 7.89. The van der Waals surface area contributed by atoms with Gasteiger partial charge in [-0.3, -0.25) is 0 Å². The topological polar surface area (TPSA) is 75.4 Å². The zero-order valence-corrected chi connectivity index (χ0v) is 11.7. The van der Waals surface area contributed by atoms with Crippen LogP contribution in [0.2, 0.25) is 0 Å². The average Bonchev–Trinajstić information content (AvgIpc) is 2.24. The van der Waals surface area contributed by atoms with Crippen LogP contribution in [-0.4, -0.2) is 50.8 Å². The third-order valence-corrected chi connectivity index (χ3v) is 4.16. The Labute approximate surface area is 105 Å². The normalized spacial score (nSPS) is 20.0. The number of hydrogen-bond acceptors (Lipinski definition) is 4. The monoisotopic (exact) mass is 263 g/mol. The Morgan fingerprint density at radius 1 is 1.35 bits per heavy atom. The van der Waals surface area contributed by atoms with Crippen LogP contribution in [0.5, 0.6) is 0 Å². The van der Waals surface area contributed by atoms with Gasteiger partial charge in [-0.1, -0.05) is 0 Å². The molecule has 3 N–H and O–H groups in total. The molecular weight excluding hydrogens is 238 g/mol. The molecule has 17 heavy (non-hydrogen) atoms. The van der Waals surface area contributed by atoms with E-state index in [-0.39, 0.29) is 5.75 Å². The fourth-order valence-corrected chi connectivity index (χ4v) is 2.75. The lowest BCUT2D eigenvalue weighted by atomic mass is 10.0. The maximum Gasteiger partial charge on any atom is 0.209 e. The van der Waals surface area contributed by atoms with Crippen molar-refractivity contribution in [3.8, 4) is 0 Å². The number of nitrogens with zero attached hydrogens (tertiary/aromatic N) is 1. The molecule has 0 bridgehead atoms. The van der Waals surface area contributed by atoms with Gasteiger partial charge in [-0.15, -0.1) is 0 Å². The highest BCUT2D eigenvalue weighted by Crippen LogP contribution is 2.12. The van der Waals surface area contributed by atoms with E-state index in [1.807, 2.05) is 0 Å². The molecule has 0 aliphatic carbocycles. The van der Waals surface area contributed by atoms with Crippen LogP contribution in [0.3, 0.4) is 0 Å². The predicted octanol–water partition coefficient (Wildman–Crippen LogP) is 0.127. The van der Waals surface area contributed by atoms with Crippen molar-refractivity contribution in [1.29, 1.82) is 0 Å². The Balaban J connectivity index is 2.10. The van der Waals surface area contributed by atoms with Crippen LogP contribution in [0.25, 0.3) is 0 Å². The van der Waals surface area contributed by atoms with Crippen LogP contribution in [0.1, 0.15) is 33.1 Å². The van der Waals surface area contributed by atoms with Crippen molar-refractivity contribution < 1.29 is 8.42 Å². The van der Waals surface area contributed by atoms with Gasteiger partial charge < -0.3 is 10.2 Å². The SMILES string of the molecule is CC(C)N1CCC(NCCCS(N)(=O)=O)CC1. The fraction of sp³-hybridized carbons (Fsp3) is 1.00. The van der Waals surface area contributed by atoms with Crippen LogP contribution in [0.15, 0.2) is 0 Å². The zero-order chi connectivity index (χ0) is 12.9. The Bertz CT molecular complexity index is 309. The second-order valence-corrected chi connectivity index (χ2v) is 6.81. The van der Waals surface area contributed by atoms with Gasteiger partial charge in [-0.25, -0.2) is 13.6 Å². The minimum absolute atomic E-state index is 0.0742. The van der Waals surface area contributed by atoms with E-state index in [4.69, 9.17) is 5.14 Å². The summed E-state index contributed by atoms with van der Waals surface area (Å²) in [6, 6.07) is 1.16. The Morgan fingerprint density at radius 3 is 2.41 bits per heavy atom. The molecule has 1 saturated heterocycles. The van der Waals surface area contributed by atoms with Crippen molar-refractivity contribution in [3.05, 3.63) is 0 Å². The summed E-state index contributed by atoms with van der Waals surface area (Å²) < 4.78 is 21.5. The molecule has 1 heterocycles. The number of primary sulfonamides is 1. The summed E-state index contributed by atoms with van der Waals surface area (Å²) in [6.45, 7) is 7.44. The van der Waals surface area contributed by atoms with Crippen molar-refractivity contribution in [2.45, 2.75) is 45.2 Å². The number of likely N-dealkylation sites (tertiary alicyclic amines) is 1. The van der Waals surface area contributed by atoms with Crippen molar-refractivity contribution >= 4 is 10.0 Å². The van der Waals surface area contributed by atoms with E-state index < -0.39 is 10.0 Å². The summed E-state index contributed by atoms with van der Waals surface area (Å²) in [6.07, 6.45) is 2.89. The molecule has 1 rings (SSSR count). The largest absolute Gasteiger partial charge is 0.314 e. The summed E-state index contributed by atoms with van der Waals surface area (Å²) in [4.78, 5) is 2.47. The van der Waals surface area contributed by atoms with Gasteiger partial charge in [-0.2, -0.15) is 0 Å². The molecule has 102 valence electrons. The van der Waals surface area contributed by atoms with Gasteiger partial charge in [-0.05, 0) is 52.7 Å². The van der Waals surface area contributed by atoms with E-state index in [0.717, 1.165) is 32.5 Å². The molecule has 0 spiro atoms. The van der Waals surface area contributed by atoms with Crippen LogP contribution in [0, 0.1) is 0 Å². The summed E-state index contributed by atoms with van der Waals surface area (Å²) in [7, 11) is -3.30. The minimum atomic E-state index is -3.30. The summed E-state index contributed by atoms with van der Waals surface area (Å²) in [5.74, 6) is 0.0742. The maximum absolute atomic E-state index is 10.7. The zero-order valence-electron chi connectivity index (χ0n) is 10.9. The first-order valence-corrected chi connectivity index (χ1v) is 8.08. The quantitative estimate of drug-likeness (QED) is 0.668. The number of nitrogens with two attached hydrogens (primary N) is 1. The lowest BCUT2D eigenvalue weighted by molar-refractivity contribution is 0.161. The highest BCUT2D eigenvalue weighted by Gasteiger charge is 2.19. The van der Waals surface area contributed by atoms with Gasteiger partial charge in [0.25, 0.3) is 0 Å². The third kappa shape index (κ3) is 6.35. The summed E-state index contributed by atoms with van der Waals surface area (Å²) in [5, 5.41) is 8.35. The van der Waals surface area contributed by atoms with Crippen LogP contribution >= 0.6 is 0 Å². The van der Waals surface area contributed by atoms with Gasteiger partial charge in [0.15, 0.2) is 0 Å². The predicted molar refractivity (Wildman–Crippen MR) is 70.3 cm³/mol. The number of sulfonamides is 1. The molecule has 0 aromatic carbocycles. The lowest BCUT2D eigenvalue weighted by Crippen LogP contribution is -2.45. The van der Waals surface area contributed by atoms with E-state index in [1.165, 1.54) is 0 Å². The smallest absolute Gasteiger partial charge is 0.209 e. The molecule has 6 heteroatoms. The fourth-order valence-electron chi connectivity index (χ4n) is 2.20. The van der Waals surface area contributed by atoms with E-state index in [2.05, 4.69) is 24.1 Å². The van der Waals surface area contributed by atoms with Crippen molar-refractivity contribution in [3.63, 3.8) is 0 Å². The van der Waals surface area contributed by atoms with Crippen molar-refractivity contribution in [2.75, 3.05) is 25.4 Å². The molecule has 1 aliphatic rings. The van der Waals surface area contributed by atoms with E-state index in [0.29, 0.717) is 18.5 Å². The first kappa shape index (κ1) is 14.9. The van der Waals surface area contributed by atoms with E-state index in [1.54, 1.807) is 0 Å². The van der Waals surface area contributed by atoms with Gasteiger partial charge in [0, 0.05) is 12.1 Å². The van der Waals surface area contributed by atoms with Gasteiger partial charge >= 0.3 is 0 Å².